The number of urea groups is 1. The fourth-order valence-electron chi connectivity index (χ4n) is 4.51. The molecule has 0 radical (unpaired) electrons. The van der Waals surface area contributed by atoms with Crippen molar-refractivity contribution in [1.82, 2.24) is 0 Å². The topological polar surface area (TPSA) is 66.9 Å². The van der Waals surface area contributed by atoms with Crippen LogP contribution in [-0.2, 0) is 16.0 Å². The maximum atomic E-state index is 13.7. The summed E-state index contributed by atoms with van der Waals surface area (Å²) in [5, 5.41) is 0. The lowest BCUT2D eigenvalue weighted by Crippen LogP contribution is -2.57. The maximum Gasteiger partial charge on any atom is 0.343 e. The van der Waals surface area contributed by atoms with Gasteiger partial charge in [0.1, 0.15) is 11.3 Å². The largest absolute Gasteiger partial charge is 0.494 e. The smallest absolute Gasteiger partial charge is 0.343 e. The first-order chi connectivity index (χ1) is 19.4. The monoisotopic (exact) mass is 706 g/mol. The van der Waals surface area contributed by atoms with Gasteiger partial charge in [-0.05, 0) is 89.2 Å². The third-order valence-electron chi connectivity index (χ3n) is 6.39. The number of anilines is 2. The second-order valence-corrected chi connectivity index (χ2v) is 11.0. The van der Waals surface area contributed by atoms with Gasteiger partial charge in [-0.1, -0.05) is 70.5 Å². The van der Waals surface area contributed by atoms with E-state index in [4.69, 9.17) is 4.74 Å². The van der Waals surface area contributed by atoms with Crippen LogP contribution in [0.25, 0.3) is 6.08 Å². The summed E-state index contributed by atoms with van der Waals surface area (Å²) in [6, 6.07) is 28.3. The number of carbonyl (C=O) groups is 3. The standard InChI is InChI=1S/C32H24BrIN2O4/c1-2-40-29-19-21(18-28(34)25(29)20-22-11-9-10-16-27(22)33)17-26-30(37)35(23-12-5-3-6-13-23)32(39)36(31(26)38)24-14-7-4-8-15-24/h3-19H,2,20H2,1H3. The Kier molecular flexibility index (Phi) is 8.46. The molecule has 5 rings (SSSR count). The molecular formula is C32H24BrIN2O4. The lowest BCUT2D eigenvalue weighted by molar-refractivity contribution is -0.121. The third kappa shape index (κ3) is 5.59. The van der Waals surface area contributed by atoms with Gasteiger partial charge in [0.15, 0.2) is 0 Å². The van der Waals surface area contributed by atoms with Gasteiger partial charge in [-0.25, -0.2) is 14.6 Å². The van der Waals surface area contributed by atoms with Crippen LogP contribution >= 0.6 is 38.5 Å². The Balaban J connectivity index is 1.61. The predicted molar refractivity (Wildman–Crippen MR) is 169 cm³/mol. The Morgan fingerprint density at radius 1 is 0.800 bits per heavy atom. The van der Waals surface area contributed by atoms with Crippen LogP contribution in [-0.4, -0.2) is 24.5 Å². The molecule has 0 saturated carbocycles. The number of imide groups is 2. The molecule has 200 valence electrons. The summed E-state index contributed by atoms with van der Waals surface area (Å²) >= 11 is 5.88. The molecular weight excluding hydrogens is 683 g/mol. The summed E-state index contributed by atoms with van der Waals surface area (Å²) in [6.07, 6.45) is 2.18. The lowest BCUT2D eigenvalue weighted by atomic mass is 10.00. The predicted octanol–water partition coefficient (Wildman–Crippen LogP) is 7.63. The highest BCUT2D eigenvalue weighted by Gasteiger charge is 2.43. The van der Waals surface area contributed by atoms with Crippen LogP contribution in [0.2, 0.25) is 0 Å². The van der Waals surface area contributed by atoms with Crippen LogP contribution in [0.3, 0.4) is 0 Å². The molecule has 0 spiro atoms. The second-order valence-electron chi connectivity index (χ2n) is 8.97. The first-order valence-corrected chi connectivity index (χ1v) is 14.5. The van der Waals surface area contributed by atoms with Gasteiger partial charge in [0.25, 0.3) is 11.8 Å². The number of amides is 4. The van der Waals surface area contributed by atoms with Crippen molar-refractivity contribution >= 4 is 73.8 Å². The van der Waals surface area contributed by atoms with E-state index in [0.717, 1.165) is 29.0 Å². The third-order valence-corrected chi connectivity index (χ3v) is 8.13. The van der Waals surface area contributed by atoms with E-state index in [1.165, 1.54) is 6.08 Å². The van der Waals surface area contributed by atoms with E-state index in [-0.39, 0.29) is 5.57 Å². The molecule has 4 aromatic rings. The molecule has 0 atom stereocenters. The summed E-state index contributed by atoms with van der Waals surface area (Å²) in [5.74, 6) is -0.694. The summed E-state index contributed by atoms with van der Waals surface area (Å²) in [7, 11) is 0. The normalized spacial score (nSPS) is 13.6. The molecule has 0 N–H and O–H groups in total. The summed E-state index contributed by atoms with van der Waals surface area (Å²) < 4.78 is 7.95. The van der Waals surface area contributed by atoms with Crippen LogP contribution in [0, 0.1) is 3.57 Å². The molecule has 4 amide bonds. The van der Waals surface area contributed by atoms with E-state index >= 15 is 0 Å². The number of ether oxygens (including phenoxy) is 1. The van der Waals surface area contributed by atoms with Crippen LogP contribution in [0.15, 0.2) is 107 Å². The van der Waals surface area contributed by atoms with Gasteiger partial charge in [-0.2, -0.15) is 0 Å². The molecule has 6 nitrogen and oxygen atoms in total. The Morgan fingerprint density at radius 2 is 1.35 bits per heavy atom. The number of hydrogen-bond donors (Lipinski definition) is 0. The minimum absolute atomic E-state index is 0.121. The minimum Gasteiger partial charge on any atom is -0.494 e. The molecule has 0 aromatic heterocycles. The van der Waals surface area contributed by atoms with Gasteiger partial charge in [0.05, 0.1) is 18.0 Å². The van der Waals surface area contributed by atoms with Crippen molar-refractivity contribution in [2.75, 3.05) is 16.4 Å². The van der Waals surface area contributed by atoms with Gasteiger partial charge < -0.3 is 4.74 Å². The number of para-hydroxylation sites is 2. The van der Waals surface area contributed by atoms with Crippen molar-refractivity contribution in [3.05, 3.63) is 127 Å². The number of carbonyl (C=O) groups excluding carboxylic acids is 3. The van der Waals surface area contributed by atoms with Crippen LogP contribution in [0.5, 0.6) is 5.75 Å². The second kappa shape index (κ2) is 12.2. The van der Waals surface area contributed by atoms with E-state index in [0.29, 0.717) is 35.7 Å². The average molecular weight is 707 g/mol. The Labute approximate surface area is 254 Å². The fraction of sp³-hybridized carbons (Fsp3) is 0.0938. The number of hydrogen-bond acceptors (Lipinski definition) is 4. The van der Waals surface area contributed by atoms with Gasteiger partial charge in [0, 0.05) is 20.0 Å². The number of barbiturate groups is 1. The Morgan fingerprint density at radius 3 is 1.90 bits per heavy atom. The van der Waals surface area contributed by atoms with Crippen LogP contribution in [0.4, 0.5) is 16.2 Å². The first-order valence-electron chi connectivity index (χ1n) is 12.6. The Hall–Kier alpha value is -3.76. The number of rotatable bonds is 7. The van der Waals surface area contributed by atoms with Gasteiger partial charge in [-0.3, -0.25) is 9.59 Å². The summed E-state index contributed by atoms with van der Waals surface area (Å²) in [5.41, 5.74) is 3.38. The molecule has 0 aliphatic carbocycles. The van der Waals surface area contributed by atoms with E-state index in [9.17, 15) is 14.4 Å². The number of halogens is 2. The highest BCUT2D eigenvalue weighted by molar-refractivity contribution is 14.1. The number of nitrogens with zero attached hydrogens (tertiary/aromatic N) is 2. The van der Waals surface area contributed by atoms with Crippen molar-refractivity contribution in [2.45, 2.75) is 13.3 Å². The van der Waals surface area contributed by atoms with Gasteiger partial charge in [-0.15, -0.1) is 0 Å². The zero-order chi connectivity index (χ0) is 28.2. The van der Waals surface area contributed by atoms with E-state index in [1.807, 2.05) is 37.3 Å². The molecule has 1 fully saturated rings. The van der Waals surface area contributed by atoms with Crippen LogP contribution in [0.1, 0.15) is 23.6 Å². The van der Waals surface area contributed by atoms with Crippen molar-refractivity contribution in [3.63, 3.8) is 0 Å². The molecule has 1 aliphatic rings. The SMILES string of the molecule is CCOc1cc(C=C2C(=O)N(c3ccccc3)C(=O)N(c3ccccc3)C2=O)cc(I)c1Cc1ccccc1Br. The van der Waals surface area contributed by atoms with Crippen molar-refractivity contribution in [1.29, 1.82) is 0 Å². The minimum atomic E-state index is -0.724. The summed E-state index contributed by atoms with van der Waals surface area (Å²) in [6.45, 7) is 2.37. The number of benzene rings is 4. The van der Waals surface area contributed by atoms with Crippen molar-refractivity contribution in [3.8, 4) is 5.75 Å². The highest BCUT2D eigenvalue weighted by Crippen LogP contribution is 2.34. The van der Waals surface area contributed by atoms with Crippen LogP contribution < -0.4 is 14.5 Å². The highest BCUT2D eigenvalue weighted by atomic mass is 127. The average Bonchev–Trinajstić information content (AvgIpc) is 2.95. The Bertz CT molecular complexity index is 1560. The molecule has 1 aliphatic heterocycles. The van der Waals surface area contributed by atoms with Gasteiger partial charge >= 0.3 is 6.03 Å². The van der Waals surface area contributed by atoms with Crippen molar-refractivity contribution in [2.24, 2.45) is 0 Å². The molecule has 0 unspecified atom stereocenters. The maximum absolute atomic E-state index is 13.7. The zero-order valence-electron chi connectivity index (χ0n) is 21.5. The molecule has 8 heteroatoms. The van der Waals surface area contributed by atoms with Gasteiger partial charge in [0.2, 0.25) is 0 Å². The van der Waals surface area contributed by atoms with E-state index in [2.05, 4.69) is 44.6 Å². The zero-order valence-corrected chi connectivity index (χ0v) is 25.3. The molecule has 4 aromatic carbocycles. The molecule has 0 bridgehead atoms. The summed E-state index contributed by atoms with van der Waals surface area (Å²) in [4.78, 5) is 43.1. The quantitative estimate of drug-likeness (QED) is 0.113. The molecule has 40 heavy (non-hydrogen) atoms. The first kappa shape index (κ1) is 27.8. The molecule has 1 heterocycles. The van der Waals surface area contributed by atoms with E-state index in [1.54, 1.807) is 60.7 Å². The van der Waals surface area contributed by atoms with Crippen molar-refractivity contribution < 1.29 is 19.1 Å². The lowest BCUT2D eigenvalue weighted by Gasteiger charge is -2.34. The molecule has 1 saturated heterocycles. The fourth-order valence-corrected chi connectivity index (χ4v) is 5.75. The van der Waals surface area contributed by atoms with E-state index < -0.39 is 17.8 Å².